The number of sulfonamides is 1. The van der Waals surface area contributed by atoms with Crippen molar-refractivity contribution in [1.82, 2.24) is 0 Å². The first-order valence-corrected chi connectivity index (χ1v) is 12.9. The molecule has 3 rings (SSSR count). The zero-order valence-corrected chi connectivity index (χ0v) is 23.5. The molecule has 0 bridgehead atoms. The van der Waals surface area contributed by atoms with Crippen LogP contribution in [0.3, 0.4) is 0 Å². The van der Waals surface area contributed by atoms with Crippen molar-refractivity contribution in [2.45, 2.75) is 4.90 Å². The number of hydrogen-bond donors (Lipinski definition) is 2. The Bertz CT molecular complexity index is 1420. The first-order chi connectivity index (χ1) is 18.7. The van der Waals surface area contributed by atoms with Crippen LogP contribution in [0.2, 0.25) is 0 Å². The summed E-state index contributed by atoms with van der Waals surface area (Å²) in [6.45, 7) is 0. The Kier molecular flexibility index (Phi) is 9.25. The SMILES string of the molecule is COc1cc(/C=C\c2cc(OC)c(OC)c(OC)c2)cc(NS(=O)(=O)c2cc(OC)c(OC)c(OC)c2)c1O. The van der Waals surface area contributed by atoms with Crippen LogP contribution < -0.4 is 37.9 Å². The minimum atomic E-state index is -4.21. The van der Waals surface area contributed by atoms with Gasteiger partial charge in [-0.3, -0.25) is 4.72 Å². The fraction of sp³-hybridized carbons (Fsp3) is 0.259. The summed E-state index contributed by atoms with van der Waals surface area (Å²) in [7, 11) is 5.86. The highest BCUT2D eigenvalue weighted by atomic mass is 32.2. The Balaban J connectivity index is 2.03. The molecule has 3 aromatic carbocycles. The summed E-state index contributed by atoms with van der Waals surface area (Å²) in [5.41, 5.74) is 1.14. The lowest BCUT2D eigenvalue weighted by Gasteiger charge is -2.16. The van der Waals surface area contributed by atoms with Crippen LogP contribution in [0.5, 0.6) is 46.0 Å². The molecule has 210 valence electrons. The third-order valence-electron chi connectivity index (χ3n) is 5.67. The third-order valence-corrected chi connectivity index (χ3v) is 7.01. The molecule has 3 aromatic rings. The van der Waals surface area contributed by atoms with E-state index in [2.05, 4.69) is 4.72 Å². The molecule has 0 spiro atoms. The molecule has 0 aromatic heterocycles. The highest BCUT2D eigenvalue weighted by molar-refractivity contribution is 7.92. The van der Waals surface area contributed by atoms with E-state index in [0.717, 1.165) is 5.56 Å². The van der Waals surface area contributed by atoms with Gasteiger partial charge < -0.3 is 38.3 Å². The molecule has 0 aliphatic carbocycles. The summed E-state index contributed by atoms with van der Waals surface area (Å²) in [6.07, 6.45) is 3.47. The van der Waals surface area contributed by atoms with Crippen molar-refractivity contribution in [2.24, 2.45) is 0 Å². The minimum absolute atomic E-state index is 0.0598. The Morgan fingerprint density at radius 3 is 1.38 bits per heavy atom. The van der Waals surface area contributed by atoms with Gasteiger partial charge in [-0.2, -0.15) is 0 Å². The molecule has 0 aliphatic heterocycles. The maximum absolute atomic E-state index is 13.3. The Morgan fingerprint density at radius 1 is 0.590 bits per heavy atom. The number of methoxy groups -OCH3 is 7. The van der Waals surface area contributed by atoms with Crippen LogP contribution in [0.25, 0.3) is 12.2 Å². The van der Waals surface area contributed by atoms with E-state index in [1.807, 2.05) is 0 Å². The number of nitrogens with one attached hydrogen (secondary N) is 1. The van der Waals surface area contributed by atoms with Crippen LogP contribution in [0.4, 0.5) is 5.69 Å². The second-order valence-corrected chi connectivity index (χ2v) is 9.56. The Labute approximate surface area is 227 Å². The van der Waals surface area contributed by atoms with Gasteiger partial charge in [0.05, 0.1) is 60.4 Å². The van der Waals surface area contributed by atoms with Crippen LogP contribution in [-0.2, 0) is 10.0 Å². The number of phenolic OH excluding ortho intramolecular Hbond substituents is 1. The second-order valence-electron chi connectivity index (χ2n) is 7.88. The lowest BCUT2D eigenvalue weighted by Crippen LogP contribution is -2.14. The van der Waals surface area contributed by atoms with E-state index in [1.54, 1.807) is 30.4 Å². The van der Waals surface area contributed by atoms with Crippen LogP contribution in [-0.4, -0.2) is 63.3 Å². The van der Waals surface area contributed by atoms with E-state index >= 15 is 0 Å². The smallest absolute Gasteiger partial charge is 0.262 e. The zero-order valence-electron chi connectivity index (χ0n) is 22.6. The molecule has 0 saturated carbocycles. The molecule has 0 amide bonds. The third kappa shape index (κ3) is 6.17. The van der Waals surface area contributed by atoms with E-state index in [0.29, 0.717) is 22.8 Å². The summed E-state index contributed by atoms with van der Waals surface area (Å²) < 4.78 is 66.2. The van der Waals surface area contributed by atoms with Crippen molar-refractivity contribution in [3.63, 3.8) is 0 Å². The zero-order chi connectivity index (χ0) is 28.7. The average Bonchev–Trinajstić information content (AvgIpc) is 2.95. The van der Waals surface area contributed by atoms with Crippen LogP contribution in [0.1, 0.15) is 11.1 Å². The largest absolute Gasteiger partial charge is 0.503 e. The van der Waals surface area contributed by atoms with Gasteiger partial charge in [-0.15, -0.1) is 0 Å². The van der Waals surface area contributed by atoms with Crippen molar-refractivity contribution in [2.75, 3.05) is 54.5 Å². The number of rotatable bonds is 12. The molecule has 2 N–H and O–H groups in total. The first-order valence-electron chi connectivity index (χ1n) is 11.4. The number of anilines is 1. The van der Waals surface area contributed by atoms with Gasteiger partial charge >= 0.3 is 0 Å². The summed E-state index contributed by atoms with van der Waals surface area (Å²) in [5, 5.41) is 10.7. The van der Waals surface area contributed by atoms with Crippen molar-refractivity contribution in [3.8, 4) is 46.0 Å². The summed E-state index contributed by atoms with van der Waals surface area (Å²) >= 11 is 0. The quantitative estimate of drug-likeness (QED) is 0.242. The van der Waals surface area contributed by atoms with Gasteiger partial charge in [0, 0.05) is 12.1 Å². The van der Waals surface area contributed by atoms with E-state index in [-0.39, 0.29) is 33.6 Å². The van der Waals surface area contributed by atoms with Crippen molar-refractivity contribution < 1.29 is 46.7 Å². The van der Waals surface area contributed by atoms with E-state index in [1.165, 1.54) is 68.0 Å². The van der Waals surface area contributed by atoms with Gasteiger partial charge in [-0.1, -0.05) is 12.2 Å². The van der Waals surface area contributed by atoms with Crippen molar-refractivity contribution >= 4 is 27.9 Å². The maximum Gasteiger partial charge on any atom is 0.262 e. The molecule has 0 heterocycles. The van der Waals surface area contributed by atoms with Gasteiger partial charge in [0.2, 0.25) is 11.5 Å². The average molecular weight is 562 g/mol. The molecule has 0 fully saturated rings. The second kappa shape index (κ2) is 12.4. The summed E-state index contributed by atoms with van der Waals surface area (Å²) in [6, 6.07) is 9.09. The van der Waals surface area contributed by atoms with Gasteiger partial charge in [0.15, 0.2) is 34.5 Å². The summed E-state index contributed by atoms with van der Waals surface area (Å²) in [4.78, 5) is -0.172. The van der Waals surface area contributed by atoms with E-state index < -0.39 is 15.8 Å². The molecule has 0 unspecified atom stereocenters. The number of ether oxygens (including phenoxy) is 7. The fourth-order valence-corrected chi connectivity index (χ4v) is 4.85. The first kappa shape index (κ1) is 29.1. The van der Waals surface area contributed by atoms with Crippen LogP contribution in [0, 0.1) is 0 Å². The lowest BCUT2D eigenvalue weighted by atomic mass is 10.1. The van der Waals surface area contributed by atoms with Crippen LogP contribution in [0.15, 0.2) is 41.3 Å². The van der Waals surface area contributed by atoms with Gasteiger partial charge in [-0.25, -0.2) is 8.42 Å². The standard InChI is InChI=1S/C27H31NO10S/c1-32-20-11-16(8-9-17-12-21(33-2)26(37-6)22(13-17)34-3)10-19(25(20)29)28-39(30,31)18-14-23(35-4)27(38-7)24(15-18)36-5/h8-15,28-29H,1-7H3/b9-8-. The molecule has 0 atom stereocenters. The number of phenols is 1. The number of hydrogen-bond acceptors (Lipinski definition) is 10. The fourth-order valence-electron chi connectivity index (χ4n) is 3.76. The molecule has 0 radical (unpaired) electrons. The molecular weight excluding hydrogens is 530 g/mol. The molecule has 11 nitrogen and oxygen atoms in total. The minimum Gasteiger partial charge on any atom is -0.503 e. The topological polar surface area (TPSA) is 131 Å². The Hall–Kier alpha value is -4.45. The summed E-state index contributed by atoms with van der Waals surface area (Å²) in [5.74, 6) is 1.61. The molecule has 0 aliphatic rings. The van der Waals surface area contributed by atoms with E-state index in [4.69, 9.17) is 33.2 Å². The molecule has 39 heavy (non-hydrogen) atoms. The number of aromatic hydroxyl groups is 1. The predicted octanol–water partition coefficient (Wildman–Crippen LogP) is 4.42. The van der Waals surface area contributed by atoms with Crippen LogP contribution >= 0.6 is 0 Å². The highest BCUT2D eigenvalue weighted by Gasteiger charge is 2.23. The molecular formula is C27H31NO10S. The molecule has 0 saturated heterocycles. The molecule has 12 heteroatoms. The Morgan fingerprint density at radius 2 is 0.974 bits per heavy atom. The maximum atomic E-state index is 13.3. The van der Waals surface area contributed by atoms with Gasteiger partial charge in [0.1, 0.15) is 0 Å². The van der Waals surface area contributed by atoms with Gasteiger partial charge in [0.25, 0.3) is 10.0 Å². The predicted molar refractivity (Wildman–Crippen MR) is 147 cm³/mol. The number of benzene rings is 3. The highest BCUT2D eigenvalue weighted by Crippen LogP contribution is 2.42. The van der Waals surface area contributed by atoms with Gasteiger partial charge in [-0.05, 0) is 35.4 Å². The lowest BCUT2D eigenvalue weighted by molar-refractivity contribution is 0.323. The van der Waals surface area contributed by atoms with Crippen molar-refractivity contribution in [1.29, 1.82) is 0 Å². The van der Waals surface area contributed by atoms with E-state index in [9.17, 15) is 13.5 Å². The van der Waals surface area contributed by atoms with Crippen molar-refractivity contribution in [3.05, 3.63) is 47.5 Å². The normalized spacial score (nSPS) is 11.2. The monoisotopic (exact) mass is 561 g/mol.